The molecule has 22 heavy (non-hydrogen) atoms. The highest BCUT2D eigenvalue weighted by Gasteiger charge is 2.28. The van der Waals surface area contributed by atoms with Gasteiger partial charge in [-0.05, 0) is 37.5 Å². The zero-order valence-electron chi connectivity index (χ0n) is 13.3. The van der Waals surface area contributed by atoms with Gasteiger partial charge in [0.25, 0.3) is 0 Å². The lowest BCUT2D eigenvalue weighted by Gasteiger charge is -2.26. The van der Waals surface area contributed by atoms with Gasteiger partial charge in [0.2, 0.25) is 15.9 Å². The van der Waals surface area contributed by atoms with Crippen molar-refractivity contribution in [1.29, 1.82) is 0 Å². The highest BCUT2D eigenvalue weighted by Crippen LogP contribution is 2.23. The number of sulfonamides is 1. The van der Waals surface area contributed by atoms with E-state index in [9.17, 15) is 18.0 Å². The van der Waals surface area contributed by atoms with Crippen molar-refractivity contribution in [2.24, 2.45) is 11.8 Å². The number of carboxylic acid groups (broad SMARTS) is 1. The van der Waals surface area contributed by atoms with E-state index in [0.29, 0.717) is 5.92 Å². The van der Waals surface area contributed by atoms with Crippen molar-refractivity contribution in [1.82, 2.24) is 10.0 Å². The third-order valence-corrected chi connectivity index (χ3v) is 5.27. The molecule has 1 rings (SSSR count). The van der Waals surface area contributed by atoms with Gasteiger partial charge in [-0.2, -0.15) is 0 Å². The summed E-state index contributed by atoms with van der Waals surface area (Å²) >= 11 is 0. The highest BCUT2D eigenvalue weighted by molar-refractivity contribution is 7.90. The lowest BCUT2D eigenvalue weighted by Crippen LogP contribution is -2.48. The third-order valence-electron chi connectivity index (χ3n) is 3.93. The summed E-state index contributed by atoms with van der Waals surface area (Å²) in [7, 11) is -3.75. The van der Waals surface area contributed by atoms with Gasteiger partial charge in [-0.15, -0.1) is 0 Å². The molecule has 0 aromatic carbocycles. The van der Waals surface area contributed by atoms with E-state index in [1.165, 1.54) is 0 Å². The van der Waals surface area contributed by atoms with E-state index in [4.69, 9.17) is 5.11 Å². The van der Waals surface area contributed by atoms with E-state index in [0.717, 1.165) is 25.7 Å². The molecule has 3 N–H and O–H groups in total. The summed E-state index contributed by atoms with van der Waals surface area (Å²) in [5.41, 5.74) is 0. The van der Waals surface area contributed by atoms with E-state index in [2.05, 4.69) is 17.0 Å². The van der Waals surface area contributed by atoms with Crippen LogP contribution < -0.4 is 10.0 Å². The van der Waals surface area contributed by atoms with Gasteiger partial charge in [0.05, 0.1) is 0 Å². The second-order valence-electron chi connectivity index (χ2n) is 6.46. The molecule has 0 saturated heterocycles. The number of carbonyl (C=O) groups is 2. The van der Waals surface area contributed by atoms with Crippen LogP contribution in [-0.2, 0) is 19.6 Å². The van der Waals surface area contributed by atoms with Crippen LogP contribution in [0.15, 0.2) is 0 Å². The highest BCUT2D eigenvalue weighted by atomic mass is 32.2. The minimum absolute atomic E-state index is 0.130. The quantitative estimate of drug-likeness (QED) is 0.635. The number of hydrogen-bond acceptors (Lipinski definition) is 4. The fourth-order valence-corrected chi connectivity index (χ4v) is 3.83. The molecule has 1 saturated carbocycles. The zero-order chi connectivity index (χ0) is 16.9. The normalized spacial score (nSPS) is 24.0. The number of carbonyl (C=O) groups excluding carboxylic acids is 1. The molecular weight excluding hydrogens is 308 g/mol. The number of rotatable bonds is 7. The number of hydrogen-bond donors (Lipinski definition) is 3. The summed E-state index contributed by atoms with van der Waals surface area (Å²) in [6.45, 7) is 5.43. The van der Waals surface area contributed by atoms with Gasteiger partial charge in [-0.25, -0.2) is 17.9 Å². The van der Waals surface area contributed by atoms with Gasteiger partial charge in [0.1, 0.15) is 11.8 Å². The van der Waals surface area contributed by atoms with Crippen LogP contribution in [0.1, 0.15) is 46.5 Å². The fourth-order valence-electron chi connectivity index (χ4n) is 2.57. The Morgan fingerprint density at radius 1 is 1.18 bits per heavy atom. The maximum absolute atomic E-state index is 12.0. The Morgan fingerprint density at radius 2 is 1.73 bits per heavy atom. The first-order valence-corrected chi connectivity index (χ1v) is 9.28. The molecule has 0 radical (unpaired) electrons. The molecule has 1 amide bonds. The van der Waals surface area contributed by atoms with Crippen LogP contribution in [0, 0.1) is 11.8 Å². The van der Waals surface area contributed by atoms with E-state index in [1.54, 1.807) is 13.8 Å². The lowest BCUT2D eigenvalue weighted by molar-refractivity contribution is -0.142. The molecule has 7 nitrogen and oxygen atoms in total. The second kappa shape index (κ2) is 7.92. The molecule has 0 aromatic heterocycles. The maximum atomic E-state index is 12.0. The average molecular weight is 334 g/mol. The molecular formula is C14H26N2O5S. The number of nitrogens with one attached hydrogen (secondary N) is 2. The van der Waals surface area contributed by atoms with Gasteiger partial charge in [0.15, 0.2) is 0 Å². The van der Waals surface area contributed by atoms with Crippen LogP contribution in [0.4, 0.5) is 0 Å². The largest absolute Gasteiger partial charge is 0.480 e. The smallest absolute Gasteiger partial charge is 0.326 e. The van der Waals surface area contributed by atoms with E-state index in [1.807, 2.05) is 0 Å². The van der Waals surface area contributed by atoms with Crippen LogP contribution in [0.2, 0.25) is 0 Å². The van der Waals surface area contributed by atoms with Crippen molar-refractivity contribution in [3.8, 4) is 0 Å². The van der Waals surface area contributed by atoms with E-state index >= 15 is 0 Å². The van der Waals surface area contributed by atoms with Crippen LogP contribution in [0.25, 0.3) is 0 Å². The fraction of sp³-hybridized carbons (Fsp3) is 0.857. The van der Waals surface area contributed by atoms with Gasteiger partial charge in [0, 0.05) is 6.04 Å². The molecule has 0 aromatic rings. The first kappa shape index (κ1) is 18.9. The molecule has 1 atom stereocenters. The van der Waals surface area contributed by atoms with E-state index in [-0.39, 0.29) is 12.0 Å². The summed E-state index contributed by atoms with van der Waals surface area (Å²) in [6, 6.07) is -1.22. The lowest BCUT2D eigenvalue weighted by atomic mass is 9.88. The molecule has 0 bridgehead atoms. The Labute approximate surface area is 131 Å². The van der Waals surface area contributed by atoms with Gasteiger partial charge in [-0.3, -0.25) is 4.79 Å². The monoisotopic (exact) mass is 334 g/mol. The molecule has 0 aliphatic heterocycles. The summed E-state index contributed by atoms with van der Waals surface area (Å²) in [5.74, 6) is -2.42. The predicted octanol–water partition coefficient (Wildman–Crippen LogP) is 0.710. The first-order chi connectivity index (χ1) is 10.1. The Bertz CT molecular complexity index is 495. The minimum atomic E-state index is -3.75. The van der Waals surface area contributed by atoms with Crippen molar-refractivity contribution >= 4 is 21.9 Å². The number of aliphatic carboxylic acids is 1. The summed E-state index contributed by atoms with van der Waals surface area (Å²) < 4.78 is 26.5. The topological polar surface area (TPSA) is 113 Å². The van der Waals surface area contributed by atoms with Crippen molar-refractivity contribution in [3.05, 3.63) is 0 Å². The molecule has 1 aliphatic rings. The molecule has 8 heteroatoms. The Balaban J connectivity index is 2.53. The van der Waals surface area contributed by atoms with Crippen LogP contribution in [0.5, 0.6) is 0 Å². The van der Waals surface area contributed by atoms with Crippen LogP contribution in [0.3, 0.4) is 0 Å². The van der Waals surface area contributed by atoms with Crippen molar-refractivity contribution in [2.75, 3.05) is 5.75 Å². The average Bonchev–Trinajstić information content (AvgIpc) is 2.37. The molecule has 1 aliphatic carbocycles. The SMILES string of the molecule is CC1CCC(NS(=O)(=O)CC(=O)N[C@@H](C(=O)O)C(C)C)CC1. The van der Waals surface area contributed by atoms with Gasteiger partial charge < -0.3 is 10.4 Å². The van der Waals surface area contributed by atoms with Crippen molar-refractivity contribution < 1.29 is 23.1 Å². The number of amides is 1. The molecule has 0 unspecified atom stereocenters. The minimum Gasteiger partial charge on any atom is -0.480 e. The summed E-state index contributed by atoms with van der Waals surface area (Å²) in [4.78, 5) is 22.8. The summed E-state index contributed by atoms with van der Waals surface area (Å²) in [5, 5.41) is 11.3. The Morgan fingerprint density at radius 3 is 2.18 bits per heavy atom. The van der Waals surface area contributed by atoms with Crippen LogP contribution >= 0.6 is 0 Å². The van der Waals surface area contributed by atoms with Gasteiger partial charge in [-0.1, -0.05) is 20.8 Å². The molecule has 1 fully saturated rings. The standard InChI is InChI=1S/C14H26N2O5S/c1-9(2)13(14(18)19)15-12(17)8-22(20,21)16-11-6-4-10(3)5-7-11/h9-11,13,16H,4-8H2,1-3H3,(H,15,17)(H,18,19)/t10?,11?,13-/m1/s1. The third kappa shape index (κ3) is 6.31. The zero-order valence-corrected chi connectivity index (χ0v) is 14.1. The number of carboxylic acids is 1. The first-order valence-electron chi connectivity index (χ1n) is 7.63. The molecule has 128 valence electrons. The Kier molecular flexibility index (Phi) is 6.80. The van der Waals surface area contributed by atoms with Gasteiger partial charge >= 0.3 is 5.97 Å². The molecule has 0 heterocycles. The van der Waals surface area contributed by atoms with E-state index < -0.39 is 33.7 Å². The Hall–Kier alpha value is -1.15. The summed E-state index contributed by atoms with van der Waals surface area (Å²) in [6.07, 6.45) is 3.47. The van der Waals surface area contributed by atoms with Crippen molar-refractivity contribution in [2.45, 2.75) is 58.5 Å². The molecule has 0 spiro atoms. The predicted molar refractivity (Wildman–Crippen MR) is 82.7 cm³/mol. The second-order valence-corrected chi connectivity index (χ2v) is 8.22. The van der Waals surface area contributed by atoms with Crippen molar-refractivity contribution in [3.63, 3.8) is 0 Å². The van der Waals surface area contributed by atoms with Crippen LogP contribution in [-0.4, -0.2) is 43.2 Å². The maximum Gasteiger partial charge on any atom is 0.326 e.